The van der Waals surface area contributed by atoms with E-state index in [2.05, 4.69) is 5.73 Å². The zero-order valence-corrected chi connectivity index (χ0v) is 10.2. The zero-order chi connectivity index (χ0) is 12.6. The number of ether oxygens (including phenoxy) is 2. The summed E-state index contributed by atoms with van der Waals surface area (Å²) in [5.74, 6) is -0.400. The number of hydrogen-bond acceptors (Lipinski definition) is 4. The Balaban J connectivity index is 4.44. The van der Waals surface area contributed by atoms with E-state index in [0.717, 1.165) is 0 Å². The molecule has 4 heteroatoms. The molecule has 16 heavy (non-hydrogen) atoms. The van der Waals surface area contributed by atoms with Crippen LogP contribution in [0.4, 0.5) is 0 Å². The van der Waals surface area contributed by atoms with Gasteiger partial charge in [-0.15, -0.1) is 5.73 Å². The SMILES string of the molecule is CC(=O)OCC(=C=CC(C)C)COC(C)=O. The van der Waals surface area contributed by atoms with Crippen molar-refractivity contribution in [1.29, 1.82) is 0 Å². The number of carbonyl (C=O) groups is 2. The lowest BCUT2D eigenvalue weighted by molar-refractivity contribution is -0.141. The van der Waals surface area contributed by atoms with Gasteiger partial charge >= 0.3 is 11.9 Å². The highest BCUT2D eigenvalue weighted by Gasteiger charge is 2.02. The largest absolute Gasteiger partial charge is 0.461 e. The van der Waals surface area contributed by atoms with Crippen molar-refractivity contribution in [2.24, 2.45) is 5.92 Å². The minimum absolute atomic E-state index is 0.103. The highest BCUT2D eigenvalue weighted by Crippen LogP contribution is 1.99. The minimum atomic E-state index is -0.369. The van der Waals surface area contributed by atoms with Gasteiger partial charge in [0.1, 0.15) is 13.2 Å². The lowest BCUT2D eigenvalue weighted by Gasteiger charge is -2.05. The maximum Gasteiger partial charge on any atom is 0.302 e. The molecule has 0 fully saturated rings. The van der Waals surface area contributed by atoms with E-state index in [0.29, 0.717) is 11.5 Å². The highest BCUT2D eigenvalue weighted by molar-refractivity contribution is 5.66. The molecule has 0 saturated heterocycles. The van der Waals surface area contributed by atoms with E-state index in [9.17, 15) is 9.59 Å². The first-order valence-electron chi connectivity index (χ1n) is 5.13. The Kier molecular flexibility index (Phi) is 6.97. The fraction of sp³-hybridized carbons (Fsp3) is 0.583. The first-order chi connectivity index (χ1) is 7.41. The zero-order valence-electron chi connectivity index (χ0n) is 10.2. The average Bonchev–Trinajstić information content (AvgIpc) is 2.15. The summed E-state index contributed by atoms with van der Waals surface area (Å²) in [7, 11) is 0. The van der Waals surface area contributed by atoms with E-state index in [-0.39, 0.29) is 25.2 Å². The van der Waals surface area contributed by atoms with Crippen LogP contribution in [0.5, 0.6) is 0 Å². The Bertz CT molecular complexity index is 289. The summed E-state index contributed by atoms with van der Waals surface area (Å²) in [5, 5.41) is 0. The molecule has 4 nitrogen and oxygen atoms in total. The van der Waals surface area contributed by atoms with Gasteiger partial charge in [0.15, 0.2) is 0 Å². The standard InChI is InChI=1S/C12H18O4/c1-9(2)5-6-12(7-15-10(3)13)8-16-11(4)14/h5,9H,7-8H2,1-4H3. The molecule has 0 radical (unpaired) electrons. The summed E-state index contributed by atoms with van der Waals surface area (Å²) in [4.78, 5) is 21.3. The predicted octanol–water partition coefficient (Wildman–Crippen LogP) is 1.85. The molecular formula is C12H18O4. The van der Waals surface area contributed by atoms with Crippen molar-refractivity contribution in [2.75, 3.05) is 13.2 Å². The summed E-state index contributed by atoms with van der Waals surface area (Å²) >= 11 is 0. The van der Waals surface area contributed by atoms with Crippen LogP contribution in [0, 0.1) is 5.92 Å². The maximum atomic E-state index is 10.6. The molecule has 0 N–H and O–H groups in total. The Morgan fingerprint density at radius 1 is 1.12 bits per heavy atom. The molecule has 0 saturated carbocycles. The molecule has 0 amide bonds. The van der Waals surface area contributed by atoms with Gasteiger partial charge in [0.05, 0.1) is 0 Å². The number of rotatable bonds is 5. The fourth-order valence-corrected chi connectivity index (χ4v) is 0.787. The normalized spacial score (nSPS) is 9.31. The maximum absolute atomic E-state index is 10.6. The van der Waals surface area contributed by atoms with E-state index < -0.39 is 0 Å². The van der Waals surface area contributed by atoms with Gasteiger partial charge < -0.3 is 9.47 Å². The molecule has 0 spiro atoms. The summed E-state index contributed by atoms with van der Waals surface area (Å²) in [6.07, 6.45) is 1.84. The second-order valence-electron chi connectivity index (χ2n) is 3.72. The third-order valence-corrected chi connectivity index (χ3v) is 1.52. The predicted molar refractivity (Wildman–Crippen MR) is 59.7 cm³/mol. The van der Waals surface area contributed by atoms with E-state index in [4.69, 9.17) is 9.47 Å². The van der Waals surface area contributed by atoms with E-state index in [1.807, 2.05) is 19.9 Å². The van der Waals surface area contributed by atoms with Crippen LogP contribution in [-0.4, -0.2) is 25.2 Å². The van der Waals surface area contributed by atoms with E-state index in [1.54, 1.807) is 0 Å². The third kappa shape index (κ3) is 9.03. The van der Waals surface area contributed by atoms with Crippen LogP contribution in [-0.2, 0) is 19.1 Å². The van der Waals surface area contributed by atoms with Crippen molar-refractivity contribution < 1.29 is 19.1 Å². The molecule has 0 bridgehead atoms. The lowest BCUT2D eigenvalue weighted by Crippen LogP contribution is -2.09. The Labute approximate surface area is 95.9 Å². The monoisotopic (exact) mass is 226 g/mol. The van der Waals surface area contributed by atoms with Crippen LogP contribution >= 0.6 is 0 Å². The van der Waals surface area contributed by atoms with Crippen LogP contribution in [0.2, 0.25) is 0 Å². The van der Waals surface area contributed by atoms with Gasteiger partial charge in [-0.1, -0.05) is 13.8 Å². The van der Waals surface area contributed by atoms with E-state index in [1.165, 1.54) is 13.8 Å². The molecule has 0 aliphatic carbocycles. The van der Waals surface area contributed by atoms with Gasteiger partial charge in [-0.05, 0) is 12.0 Å². The van der Waals surface area contributed by atoms with Crippen LogP contribution in [0.15, 0.2) is 17.4 Å². The van der Waals surface area contributed by atoms with Crippen LogP contribution in [0.1, 0.15) is 27.7 Å². The van der Waals surface area contributed by atoms with Crippen LogP contribution in [0.3, 0.4) is 0 Å². The third-order valence-electron chi connectivity index (χ3n) is 1.52. The summed E-state index contributed by atoms with van der Waals surface area (Å²) in [6, 6.07) is 0. The van der Waals surface area contributed by atoms with Crippen molar-refractivity contribution >= 4 is 11.9 Å². The van der Waals surface area contributed by atoms with E-state index >= 15 is 0 Å². The molecule has 0 aromatic carbocycles. The molecule has 0 aliphatic heterocycles. The molecule has 0 heterocycles. The lowest BCUT2D eigenvalue weighted by atomic mass is 10.2. The quantitative estimate of drug-likeness (QED) is 0.530. The summed E-state index contributed by atoms with van der Waals surface area (Å²) < 4.78 is 9.64. The van der Waals surface area contributed by atoms with Gasteiger partial charge in [0, 0.05) is 19.4 Å². The molecule has 90 valence electrons. The first kappa shape index (κ1) is 14.5. The summed E-state index contributed by atoms with van der Waals surface area (Å²) in [6.45, 7) is 6.87. The molecule has 0 aliphatic rings. The topological polar surface area (TPSA) is 52.6 Å². The molecule has 0 aromatic rings. The van der Waals surface area contributed by atoms with Crippen LogP contribution in [0.25, 0.3) is 0 Å². The molecule has 0 unspecified atom stereocenters. The molecule has 0 rings (SSSR count). The smallest absolute Gasteiger partial charge is 0.302 e. The van der Waals surface area contributed by atoms with Gasteiger partial charge in [-0.2, -0.15) is 0 Å². The Hall–Kier alpha value is -1.54. The molecule has 0 atom stereocenters. The van der Waals surface area contributed by atoms with Gasteiger partial charge in [0.2, 0.25) is 0 Å². The second kappa shape index (κ2) is 7.71. The van der Waals surface area contributed by atoms with Crippen molar-refractivity contribution in [3.05, 3.63) is 17.4 Å². The number of hydrogen-bond donors (Lipinski definition) is 0. The van der Waals surface area contributed by atoms with Crippen molar-refractivity contribution in [2.45, 2.75) is 27.7 Å². The number of carbonyl (C=O) groups excluding carboxylic acids is 2. The van der Waals surface area contributed by atoms with Gasteiger partial charge in [-0.3, -0.25) is 9.59 Å². The second-order valence-corrected chi connectivity index (χ2v) is 3.72. The fourth-order valence-electron chi connectivity index (χ4n) is 0.787. The van der Waals surface area contributed by atoms with Crippen molar-refractivity contribution in [1.82, 2.24) is 0 Å². The van der Waals surface area contributed by atoms with Crippen molar-refractivity contribution in [3.63, 3.8) is 0 Å². The molecular weight excluding hydrogens is 208 g/mol. The van der Waals surface area contributed by atoms with Gasteiger partial charge in [-0.25, -0.2) is 0 Å². The highest BCUT2D eigenvalue weighted by atomic mass is 16.5. The summed E-state index contributed by atoms with van der Waals surface area (Å²) in [5.41, 5.74) is 3.61. The number of esters is 2. The molecule has 0 aromatic heterocycles. The van der Waals surface area contributed by atoms with Crippen LogP contribution < -0.4 is 0 Å². The Morgan fingerprint density at radius 2 is 1.56 bits per heavy atom. The van der Waals surface area contributed by atoms with Crippen molar-refractivity contribution in [3.8, 4) is 0 Å². The Morgan fingerprint density at radius 3 is 1.88 bits per heavy atom. The average molecular weight is 226 g/mol. The minimum Gasteiger partial charge on any atom is -0.461 e. The first-order valence-corrected chi connectivity index (χ1v) is 5.13. The van der Waals surface area contributed by atoms with Gasteiger partial charge in [0.25, 0.3) is 0 Å².